The molecule has 0 amide bonds. The maximum Gasteiger partial charge on any atom is 0.0226 e. The smallest absolute Gasteiger partial charge is 0.0226 e. The van der Waals surface area contributed by atoms with Crippen LogP contribution in [0.5, 0.6) is 0 Å². The van der Waals surface area contributed by atoms with Gasteiger partial charge in [-0.1, -0.05) is 24.3 Å². The Morgan fingerprint density at radius 3 is 2.65 bits per heavy atom. The number of hydrogen-bond acceptors (Lipinski definition) is 1. The molecule has 2 aromatic rings. The number of hydrogen-bond donors (Lipinski definition) is 1. The SMILES string of the molecule is Cc1cc(CNC2CCc3ccccc3C2)c(C)n1C. The molecule has 0 saturated carbocycles. The van der Waals surface area contributed by atoms with E-state index in [0.29, 0.717) is 6.04 Å². The second-order valence-corrected chi connectivity index (χ2v) is 6.04. The van der Waals surface area contributed by atoms with Gasteiger partial charge in [0.25, 0.3) is 0 Å². The normalized spacial score (nSPS) is 18.1. The molecular formula is C18H24N2. The molecule has 0 saturated heterocycles. The molecule has 2 heteroatoms. The van der Waals surface area contributed by atoms with Crippen molar-refractivity contribution in [3.63, 3.8) is 0 Å². The first-order chi connectivity index (χ1) is 9.65. The molecule has 20 heavy (non-hydrogen) atoms. The van der Waals surface area contributed by atoms with E-state index in [1.54, 1.807) is 0 Å². The summed E-state index contributed by atoms with van der Waals surface area (Å²) in [6.45, 7) is 5.37. The van der Waals surface area contributed by atoms with Gasteiger partial charge in [-0.2, -0.15) is 0 Å². The van der Waals surface area contributed by atoms with Gasteiger partial charge in [0, 0.05) is 31.0 Å². The zero-order valence-corrected chi connectivity index (χ0v) is 12.7. The van der Waals surface area contributed by atoms with E-state index in [4.69, 9.17) is 0 Å². The summed E-state index contributed by atoms with van der Waals surface area (Å²) in [7, 11) is 2.14. The fraction of sp³-hybridized carbons (Fsp3) is 0.444. The van der Waals surface area contributed by atoms with E-state index in [9.17, 15) is 0 Å². The summed E-state index contributed by atoms with van der Waals surface area (Å²) < 4.78 is 2.27. The summed E-state index contributed by atoms with van der Waals surface area (Å²) in [5, 5.41) is 3.75. The van der Waals surface area contributed by atoms with Crippen LogP contribution in [0.15, 0.2) is 30.3 Å². The standard InChI is InChI=1S/C18H24N2/c1-13-10-17(14(2)20(13)3)12-19-18-9-8-15-6-4-5-7-16(15)11-18/h4-7,10,18-19H,8-9,11-12H2,1-3H3. The van der Waals surface area contributed by atoms with Crippen LogP contribution in [0.3, 0.4) is 0 Å². The zero-order chi connectivity index (χ0) is 14.1. The Balaban J connectivity index is 1.64. The quantitative estimate of drug-likeness (QED) is 0.904. The van der Waals surface area contributed by atoms with Crippen molar-refractivity contribution in [1.29, 1.82) is 0 Å². The van der Waals surface area contributed by atoms with Gasteiger partial charge in [0.1, 0.15) is 0 Å². The molecule has 3 rings (SSSR count). The molecule has 1 N–H and O–H groups in total. The van der Waals surface area contributed by atoms with E-state index >= 15 is 0 Å². The minimum Gasteiger partial charge on any atom is -0.352 e. The molecule has 1 heterocycles. The third-order valence-corrected chi connectivity index (χ3v) is 4.81. The predicted molar refractivity (Wildman–Crippen MR) is 84.0 cm³/mol. The zero-order valence-electron chi connectivity index (χ0n) is 12.7. The Morgan fingerprint density at radius 1 is 1.20 bits per heavy atom. The number of benzene rings is 1. The Morgan fingerprint density at radius 2 is 1.95 bits per heavy atom. The van der Waals surface area contributed by atoms with Crippen molar-refractivity contribution in [1.82, 2.24) is 9.88 Å². The van der Waals surface area contributed by atoms with Gasteiger partial charge in [0.05, 0.1) is 0 Å². The first-order valence-corrected chi connectivity index (χ1v) is 7.57. The molecule has 0 spiro atoms. The molecule has 1 unspecified atom stereocenters. The molecule has 1 aromatic heterocycles. The van der Waals surface area contributed by atoms with Crippen molar-refractivity contribution in [3.05, 3.63) is 58.4 Å². The van der Waals surface area contributed by atoms with Crippen LogP contribution in [0.1, 0.15) is 34.5 Å². The van der Waals surface area contributed by atoms with Gasteiger partial charge in [0.15, 0.2) is 0 Å². The van der Waals surface area contributed by atoms with Crippen molar-refractivity contribution in [3.8, 4) is 0 Å². The van der Waals surface area contributed by atoms with E-state index in [1.807, 2.05) is 0 Å². The number of nitrogens with one attached hydrogen (secondary N) is 1. The van der Waals surface area contributed by atoms with Crippen LogP contribution in [0.2, 0.25) is 0 Å². The molecule has 2 nitrogen and oxygen atoms in total. The fourth-order valence-electron chi connectivity index (χ4n) is 3.24. The average molecular weight is 268 g/mol. The highest BCUT2D eigenvalue weighted by Crippen LogP contribution is 2.21. The van der Waals surface area contributed by atoms with Crippen LogP contribution < -0.4 is 5.32 Å². The van der Waals surface area contributed by atoms with Gasteiger partial charge >= 0.3 is 0 Å². The maximum absolute atomic E-state index is 3.75. The average Bonchev–Trinajstić information content (AvgIpc) is 2.72. The predicted octanol–water partition coefficient (Wildman–Crippen LogP) is 3.29. The first-order valence-electron chi connectivity index (χ1n) is 7.57. The van der Waals surface area contributed by atoms with E-state index in [-0.39, 0.29) is 0 Å². The molecule has 106 valence electrons. The highest BCUT2D eigenvalue weighted by molar-refractivity contribution is 5.31. The number of nitrogens with zero attached hydrogens (tertiary/aromatic N) is 1. The summed E-state index contributed by atoms with van der Waals surface area (Å²) in [4.78, 5) is 0. The summed E-state index contributed by atoms with van der Waals surface area (Å²) in [5.74, 6) is 0. The summed E-state index contributed by atoms with van der Waals surface area (Å²) >= 11 is 0. The van der Waals surface area contributed by atoms with Gasteiger partial charge in [0.2, 0.25) is 0 Å². The molecule has 0 aliphatic heterocycles. The first kappa shape index (κ1) is 13.4. The van der Waals surface area contributed by atoms with Crippen molar-refractivity contribution in [2.75, 3.05) is 0 Å². The maximum atomic E-state index is 3.75. The summed E-state index contributed by atoms with van der Waals surface area (Å²) in [5.41, 5.74) is 7.22. The van der Waals surface area contributed by atoms with Crippen molar-refractivity contribution < 1.29 is 0 Å². The molecule has 0 bridgehead atoms. The van der Waals surface area contributed by atoms with Crippen LogP contribution in [0.4, 0.5) is 0 Å². The molecule has 1 aliphatic carbocycles. The van der Waals surface area contributed by atoms with Gasteiger partial charge in [-0.25, -0.2) is 0 Å². The minimum atomic E-state index is 0.616. The van der Waals surface area contributed by atoms with E-state index in [2.05, 4.69) is 61.1 Å². The lowest BCUT2D eigenvalue weighted by Crippen LogP contribution is -2.34. The van der Waals surface area contributed by atoms with Crippen molar-refractivity contribution in [2.24, 2.45) is 7.05 Å². The monoisotopic (exact) mass is 268 g/mol. The van der Waals surface area contributed by atoms with Crippen LogP contribution in [-0.2, 0) is 26.4 Å². The topological polar surface area (TPSA) is 17.0 Å². The largest absolute Gasteiger partial charge is 0.352 e. The summed E-state index contributed by atoms with van der Waals surface area (Å²) in [6, 6.07) is 11.8. The van der Waals surface area contributed by atoms with Gasteiger partial charge in [-0.15, -0.1) is 0 Å². The number of aryl methyl sites for hydroxylation is 2. The second kappa shape index (κ2) is 5.45. The van der Waals surface area contributed by atoms with Crippen molar-refractivity contribution in [2.45, 2.75) is 45.7 Å². The van der Waals surface area contributed by atoms with E-state index in [1.165, 1.54) is 47.3 Å². The van der Waals surface area contributed by atoms with Crippen LogP contribution >= 0.6 is 0 Å². The third kappa shape index (κ3) is 2.53. The Hall–Kier alpha value is -1.54. The molecular weight excluding hydrogens is 244 g/mol. The van der Waals surface area contributed by atoms with E-state index in [0.717, 1.165) is 6.54 Å². The van der Waals surface area contributed by atoms with Crippen LogP contribution in [0.25, 0.3) is 0 Å². The molecule has 1 aliphatic rings. The Labute approximate surface area is 121 Å². The number of fused-ring (bicyclic) bond motifs is 1. The molecule has 1 aromatic carbocycles. The molecule has 0 fully saturated rings. The van der Waals surface area contributed by atoms with Gasteiger partial charge in [-0.3, -0.25) is 0 Å². The Bertz CT molecular complexity index is 610. The van der Waals surface area contributed by atoms with Crippen LogP contribution in [0, 0.1) is 13.8 Å². The van der Waals surface area contributed by atoms with E-state index < -0.39 is 0 Å². The summed E-state index contributed by atoms with van der Waals surface area (Å²) in [6.07, 6.45) is 3.63. The third-order valence-electron chi connectivity index (χ3n) is 4.81. The Kier molecular flexibility index (Phi) is 3.66. The number of aromatic nitrogens is 1. The lowest BCUT2D eigenvalue weighted by atomic mass is 9.88. The second-order valence-electron chi connectivity index (χ2n) is 6.04. The fourth-order valence-corrected chi connectivity index (χ4v) is 3.24. The molecule has 0 radical (unpaired) electrons. The lowest BCUT2D eigenvalue weighted by Gasteiger charge is -2.25. The lowest BCUT2D eigenvalue weighted by molar-refractivity contribution is 0.457. The molecule has 1 atom stereocenters. The van der Waals surface area contributed by atoms with Gasteiger partial charge < -0.3 is 9.88 Å². The van der Waals surface area contributed by atoms with Gasteiger partial charge in [-0.05, 0) is 55.9 Å². The highest BCUT2D eigenvalue weighted by Gasteiger charge is 2.18. The minimum absolute atomic E-state index is 0.616. The van der Waals surface area contributed by atoms with Crippen LogP contribution in [-0.4, -0.2) is 10.6 Å². The highest BCUT2D eigenvalue weighted by atomic mass is 15.0. The van der Waals surface area contributed by atoms with Crippen molar-refractivity contribution >= 4 is 0 Å². The number of rotatable bonds is 3.